The molecule has 0 fully saturated rings. The highest BCUT2D eigenvalue weighted by atomic mass is 19.1. The summed E-state index contributed by atoms with van der Waals surface area (Å²) >= 11 is 0. The summed E-state index contributed by atoms with van der Waals surface area (Å²) in [6.07, 6.45) is 1.39. The van der Waals surface area contributed by atoms with Crippen LogP contribution in [-0.4, -0.2) is 21.6 Å². The Kier molecular flexibility index (Phi) is 4.60. The Balaban J connectivity index is 1.66. The van der Waals surface area contributed by atoms with Crippen molar-refractivity contribution < 1.29 is 18.4 Å². The number of furan rings is 1. The third-order valence-corrected chi connectivity index (χ3v) is 3.50. The van der Waals surface area contributed by atoms with Gasteiger partial charge < -0.3 is 15.1 Å². The van der Waals surface area contributed by atoms with Gasteiger partial charge in [-0.25, -0.2) is 4.39 Å². The van der Waals surface area contributed by atoms with E-state index in [1.54, 1.807) is 31.3 Å². The predicted octanol–water partition coefficient (Wildman–Crippen LogP) is 2.33. The smallest absolute Gasteiger partial charge is 0.292 e. The molecule has 0 spiro atoms. The van der Waals surface area contributed by atoms with Crippen LogP contribution in [-0.2, 0) is 13.6 Å². The topological polar surface area (TPSA) is 89.2 Å². The van der Waals surface area contributed by atoms with E-state index in [0.29, 0.717) is 11.4 Å². The number of hydrogen-bond acceptors (Lipinski definition) is 4. The van der Waals surface area contributed by atoms with E-state index in [2.05, 4.69) is 15.7 Å². The summed E-state index contributed by atoms with van der Waals surface area (Å²) in [7, 11) is 1.59. The molecule has 0 saturated carbocycles. The van der Waals surface area contributed by atoms with Crippen molar-refractivity contribution in [2.75, 3.05) is 5.32 Å². The molecule has 2 N–H and O–H groups in total. The number of aromatic nitrogens is 2. The number of rotatable bonds is 5. The number of nitrogens with zero attached hydrogens (tertiary/aromatic N) is 2. The van der Waals surface area contributed by atoms with Crippen molar-refractivity contribution >= 4 is 17.6 Å². The summed E-state index contributed by atoms with van der Waals surface area (Å²) in [5.74, 6) is -0.844. The average Bonchev–Trinajstić information content (AvgIpc) is 3.24. The number of amides is 2. The second kappa shape index (κ2) is 7.00. The Labute approximate surface area is 142 Å². The molecule has 7 nitrogen and oxygen atoms in total. The average molecular weight is 342 g/mol. The number of aryl methyl sites for hydroxylation is 1. The fourth-order valence-corrected chi connectivity index (χ4v) is 2.19. The molecular weight excluding hydrogens is 327 g/mol. The van der Waals surface area contributed by atoms with Gasteiger partial charge in [0.2, 0.25) is 0 Å². The van der Waals surface area contributed by atoms with Crippen LogP contribution in [0.2, 0.25) is 0 Å². The Morgan fingerprint density at radius 3 is 2.72 bits per heavy atom. The van der Waals surface area contributed by atoms with Crippen molar-refractivity contribution in [1.82, 2.24) is 15.1 Å². The van der Waals surface area contributed by atoms with Crippen molar-refractivity contribution in [3.8, 4) is 0 Å². The van der Waals surface area contributed by atoms with Crippen LogP contribution < -0.4 is 10.6 Å². The molecular formula is C17H15FN4O3. The van der Waals surface area contributed by atoms with E-state index in [1.807, 2.05) is 0 Å². The molecule has 25 heavy (non-hydrogen) atoms. The third-order valence-electron chi connectivity index (χ3n) is 3.50. The van der Waals surface area contributed by atoms with E-state index in [-0.39, 0.29) is 18.0 Å². The third kappa shape index (κ3) is 3.74. The number of anilines is 1. The van der Waals surface area contributed by atoms with E-state index >= 15 is 0 Å². The van der Waals surface area contributed by atoms with Crippen LogP contribution in [0.25, 0.3) is 0 Å². The van der Waals surface area contributed by atoms with Crippen molar-refractivity contribution in [1.29, 1.82) is 0 Å². The van der Waals surface area contributed by atoms with Gasteiger partial charge in [-0.05, 0) is 18.2 Å². The first-order chi connectivity index (χ1) is 12.0. The van der Waals surface area contributed by atoms with Crippen LogP contribution in [0, 0.1) is 5.82 Å². The molecule has 0 saturated heterocycles. The predicted molar refractivity (Wildman–Crippen MR) is 87.4 cm³/mol. The lowest BCUT2D eigenvalue weighted by Crippen LogP contribution is -2.23. The summed E-state index contributed by atoms with van der Waals surface area (Å²) in [5, 5.41) is 9.24. The van der Waals surface area contributed by atoms with Crippen LogP contribution in [0.15, 0.2) is 53.1 Å². The Bertz CT molecular complexity index is 903. The largest absolute Gasteiger partial charge is 0.459 e. The molecule has 0 atom stereocenters. The minimum Gasteiger partial charge on any atom is -0.459 e. The fourth-order valence-electron chi connectivity index (χ4n) is 2.19. The number of nitrogens with one attached hydrogen (secondary N) is 2. The zero-order valence-corrected chi connectivity index (χ0v) is 13.3. The van der Waals surface area contributed by atoms with Gasteiger partial charge in [0.25, 0.3) is 11.8 Å². The summed E-state index contributed by atoms with van der Waals surface area (Å²) in [4.78, 5) is 24.1. The molecule has 0 aliphatic heterocycles. The lowest BCUT2D eigenvalue weighted by molar-refractivity contribution is 0.0943. The van der Waals surface area contributed by atoms with E-state index < -0.39 is 17.6 Å². The molecule has 3 rings (SSSR count). The minimum absolute atomic E-state index is 0.0379. The molecule has 0 bridgehead atoms. The summed E-state index contributed by atoms with van der Waals surface area (Å²) in [6, 6.07) is 10.7. The second-order valence-electron chi connectivity index (χ2n) is 5.24. The van der Waals surface area contributed by atoms with Crippen LogP contribution >= 0.6 is 0 Å². The quantitative estimate of drug-likeness (QED) is 0.745. The first kappa shape index (κ1) is 16.4. The lowest BCUT2D eigenvalue weighted by atomic mass is 10.2. The molecule has 2 aromatic heterocycles. The molecule has 0 aliphatic rings. The first-order valence-corrected chi connectivity index (χ1v) is 7.45. The molecule has 8 heteroatoms. The molecule has 2 amide bonds. The van der Waals surface area contributed by atoms with Gasteiger partial charge in [-0.1, -0.05) is 18.2 Å². The van der Waals surface area contributed by atoms with Gasteiger partial charge in [-0.3, -0.25) is 14.3 Å². The molecule has 0 radical (unpaired) electrons. The number of benzene rings is 1. The fraction of sp³-hybridized carbons (Fsp3) is 0.118. The summed E-state index contributed by atoms with van der Waals surface area (Å²) in [5.41, 5.74) is 0.478. The molecule has 1 aromatic carbocycles. The summed E-state index contributed by atoms with van der Waals surface area (Å²) in [6.45, 7) is 0.0379. The number of hydrogen-bond donors (Lipinski definition) is 2. The molecule has 128 valence electrons. The van der Waals surface area contributed by atoms with Gasteiger partial charge in [-0.15, -0.1) is 0 Å². The highest BCUT2D eigenvalue weighted by Crippen LogP contribution is 2.12. The van der Waals surface area contributed by atoms with Crippen molar-refractivity contribution in [3.63, 3.8) is 0 Å². The van der Waals surface area contributed by atoms with Gasteiger partial charge in [0.05, 0.1) is 6.26 Å². The molecule has 2 heterocycles. The Morgan fingerprint density at radius 2 is 2.00 bits per heavy atom. The number of halogens is 1. The Hall–Kier alpha value is -3.42. The molecule has 0 unspecified atom stereocenters. The van der Waals surface area contributed by atoms with E-state index in [4.69, 9.17) is 4.42 Å². The van der Waals surface area contributed by atoms with Crippen LogP contribution in [0.1, 0.15) is 26.6 Å². The molecule has 3 aromatic rings. The maximum absolute atomic E-state index is 13.6. The SMILES string of the molecule is Cn1nc(C(=O)NCc2ccccc2F)cc1NC(=O)c1ccco1. The monoisotopic (exact) mass is 342 g/mol. The highest BCUT2D eigenvalue weighted by molar-refractivity contribution is 6.02. The maximum atomic E-state index is 13.6. The van der Waals surface area contributed by atoms with E-state index in [9.17, 15) is 14.0 Å². The van der Waals surface area contributed by atoms with Crippen LogP contribution in [0.3, 0.4) is 0 Å². The maximum Gasteiger partial charge on any atom is 0.292 e. The van der Waals surface area contributed by atoms with Crippen LogP contribution in [0.4, 0.5) is 10.2 Å². The van der Waals surface area contributed by atoms with Gasteiger partial charge >= 0.3 is 0 Å². The number of carbonyl (C=O) groups is 2. The first-order valence-electron chi connectivity index (χ1n) is 7.45. The number of carbonyl (C=O) groups excluding carboxylic acids is 2. The van der Waals surface area contributed by atoms with Crippen LogP contribution in [0.5, 0.6) is 0 Å². The van der Waals surface area contributed by atoms with Gasteiger partial charge in [0.15, 0.2) is 11.5 Å². The lowest BCUT2D eigenvalue weighted by Gasteiger charge is -2.04. The van der Waals surface area contributed by atoms with Gasteiger partial charge in [-0.2, -0.15) is 5.10 Å². The second-order valence-corrected chi connectivity index (χ2v) is 5.24. The van der Waals surface area contributed by atoms with Gasteiger partial charge in [0.1, 0.15) is 11.6 Å². The van der Waals surface area contributed by atoms with Crippen molar-refractivity contribution in [2.24, 2.45) is 7.05 Å². The minimum atomic E-state index is -0.475. The zero-order valence-electron chi connectivity index (χ0n) is 13.3. The summed E-state index contributed by atoms with van der Waals surface area (Å²) < 4.78 is 19.9. The molecule has 0 aliphatic carbocycles. The van der Waals surface area contributed by atoms with Gasteiger partial charge in [0, 0.05) is 25.2 Å². The zero-order chi connectivity index (χ0) is 17.8. The Morgan fingerprint density at radius 1 is 1.20 bits per heavy atom. The van der Waals surface area contributed by atoms with E-state index in [1.165, 1.54) is 29.1 Å². The highest BCUT2D eigenvalue weighted by Gasteiger charge is 2.16. The van der Waals surface area contributed by atoms with Crippen molar-refractivity contribution in [2.45, 2.75) is 6.54 Å². The normalized spacial score (nSPS) is 10.5. The van der Waals surface area contributed by atoms with E-state index in [0.717, 1.165) is 0 Å². The standard InChI is InChI=1S/C17H15FN4O3/c1-22-15(20-17(24)14-7-4-8-25-14)9-13(21-22)16(23)19-10-11-5-2-3-6-12(11)18/h2-9H,10H2,1H3,(H,19,23)(H,20,24). The van der Waals surface area contributed by atoms with Crippen molar-refractivity contribution in [3.05, 3.63) is 71.6 Å².